The fourth-order valence-electron chi connectivity index (χ4n) is 7.82. The van der Waals surface area contributed by atoms with E-state index in [-0.39, 0.29) is 5.41 Å². The third-order valence-corrected chi connectivity index (χ3v) is 10.5. The zero-order valence-electron chi connectivity index (χ0n) is 28.3. The molecule has 0 saturated carbocycles. The second kappa shape index (κ2) is 12.1. The Bertz CT molecular complexity index is 2390. The smallest absolute Gasteiger partial charge is 0.0465 e. The van der Waals surface area contributed by atoms with Crippen LogP contribution in [-0.4, -0.2) is 0 Å². The molecule has 0 aromatic heterocycles. The third kappa shape index (κ3) is 5.11. The molecule has 0 aliphatic heterocycles. The van der Waals surface area contributed by atoms with Crippen molar-refractivity contribution in [3.63, 3.8) is 0 Å². The van der Waals surface area contributed by atoms with E-state index in [1.807, 2.05) is 0 Å². The first-order valence-corrected chi connectivity index (χ1v) is 17.4. The summed E-state index contributed by atoms with van der Waals surface area (Å²) in [5, 5.41) is 2.56. The van der Waals surface area contributed by atoms with Crippen LogP contribution < -0.4 is 4.90 Å². The monoisotopic (exact) mass is 639 g/mol. The van der Waals surface area contributed by atoms with Crippen molar-refractivity contribution in [2.24, 2.45) is 0 Å². The van der Waals surface area contributed by atoms with Gasteiger partial charge < -0.3 is 4.90 Å². The van der Waals surface area contributed by atoms with Crippen LogP contribution in [0.3, 0.4) is 0 Å². The molecular formula is C49H37N. The maximum Gasteiger partial charge on any atom is 0.0465 e. The molecule has 0 fully saturated rings. The van der Waals surface area contributed by atoms with Gasteiger partial charge in [-0.3, -0.25) is 0 Å². The van der Waals surface area contributed by atoms with E-state index in [0.717, 1.165) is 17.1 Å². The Morgan fingerprint density at radius 1 is 0.340 bits per heavy atom. The lowest BCUT2D eigenvalue weighted by Gasteiger charge is -2.28. The summed E-state index contributed by atoms with van der Waals surface area (Å²) in [7, 11) is 0. The Morgan fingerprint density at radius 3 is 1.42 bits per heavy atom. The molecule has 9 rings (SSSR count). The minimum atomic E-state index is -0.165. The molecule has 0 radical (unpaired) electrons. The predicted molar refractivity (Wildman–Crippen MR) is 213 cm³/mol. The van der Waals surface area contributed by atoms with Gasteiger partial charge in [-0.05, 0) is 109 Å². The van der Waals surface area contributed by atoms with Crippen LogP contribution in [0.2, 0.25) is 0 Å². The number of hydrogen-bond donors (Lipinski definition) is 0. The van der Waals surface area contributed by atoms with E-state index in [1.54, 1.807) is 0 Å². The van der Waals surface area contributed by atoms with Gasteiger partial charge in [0.05, 0.1) is 0 Å². The number of fused-ring (bicyclic) bond motifs is 4. The maximum atomic E-state index is 2.43. The summed E-state index contributed by atoms with van der Waals surface area (Å²) in [6, 6.07) is 68.5. The van der Waals surface area contributed by atoms with Gasteiger partial charge in [0, 0.05) is 22.5 Å². The normalized spacial score (nSPS) is 12.8. The van der Waals surface area contributed by atoms with Gasteiger partial charge >= 0.3 is 0 Å². The topological polar surface area (TPSA) is 3.24 Å². The zero-order valence-corrected chi connectivity index (χ0v) is 28.3. The third-order valence-electron chi connectivity index (χ3n) is 10.5. The molecule has 0 N–H and O–H groups in total. The molecule has 8 aromatic carbocycles. The van der Waals surface area contributed by atoms with E-state index in [2.05, 4.69) is 207 Å². The van der Waals surface area contributed by atoms with Gasteiger partial charge in [-0.15, -0.1) is 0 Å². The van der Waals surface area contributed by atoms with E-state index in [0.29, 0.717) is 0 Å². The van der Waals surface area contributed by atoms with E-state index >= 15 is 0 Å². The summed E-state index contributed by atoms with van der Waals surface area (Å²) in [5.41, 5.74) is 16.0. The van der Waals surface area contributed by atoms with Crippen molar-refractivity contribution in [3.8, 4) is 44.5 Å². The molecule has 0 atom stereocenters. The van der Waals surface area contributed by atoms with Crippen molar-refractivity contribution in [1.82, 2.24) is 0 Å². The van der Waals surface area contributed by atoms with Gasteiger partial charge in [0.1, 0.15) is 0 Å². The van der Waals surface area contributed by atoms with E-state index in [9.17, 15) is 0 Å². The molecule has 1 aliphatic carbocycles. The van der Waals surface area contributed by atoms with Crippen molar-refractivity contribution >= 4 is 27.8 Å². The first kappa shape index (κ1) is 29.9. The molecule has 8 aromatic rings. The van der Waals surface area contributed by atoms with Crippen LogP contribution in [0.25, 0.3) is 55.3 Å². The van der Waals surface area contributed by atoms with Gasteiger partial charge in [0.25, 0.3) is 0 Å². The number of hydrogen-bond acceptors (Lipinski definition) is 1. The Labute approximate surface area is 294 Å². The van der Waals surface area contributed by atoms with E-state index in [1.165, 1.54) is 66.4 Å². The Balaban J connectivity index is 1.13. The zero-order chi connectivity index (χ0) is 33.7. The van der Waals surface area contributed by atoms with Crippen LogP contribution >= 0.6 is 0 Å². The van der Waals surface area contributed by atoms with Crippen LogP contribution in [0.1, 0.15) is 25.0 Å². The van der Waals surface area contributed by atoms with E-state index < -0.39 is 0 Å². The Morgan fingerprint density at radius 2 is 0.800 bits per heavy atom. The van der Waals surface area contributed by atoms with Crippen molar-refractivity contribution in [2.45, 2.75) is 19.3 Å². The molecule has 0 spiro atoms. The minimum Gasteiger partial charge on any atom is -0.310 e. The van der Waals surface area contributed by atoms with Gasteiger partial charge in [-0.25, -0.2) is 0 Å². The van der Waals surface area contributed by atoms with Crippen molar-refractivity contribution in [1.29, 1.82) is 0 Å². The molecule has 1 nitrogen and oxygen atoms in total. The highest BCUT2D eigenvalue weighted by Crippen LogP contribution is 2.52. The first-order valence-electron chi connectivity index (χ1n) is 17.4. The van der Waals surface area contributed by atoms with Crippen LogP contribution in [0.5, 0.6) is 0 Å². The summed E-state index contributed by atoms with van der Waals surface area (Å²) >= 11 is 0. The quantitative estimate of drug-likeness (QED) is 0.175. The van der Waals surface area contributed by atoms with Gasteiger partial charge in [0.2, 0.25) is 0 Å². The Hall–Kier alpha value is -6.18. The first-order chi connectivity index (χ1) is 24.5. The van der Waals surface area contributed by atoms with Crippen LogP contribution in [0.4, 0.5) is 17.1 Å². The van der Waals surface area contributed by atoms with Crippen molar-refractivity contribution in [3.05, 3.63) is 199 Å². The second-order valence-electron chi connectivity index (χ2n) is 13.8. The molecule has 1 aliphatic rings. The van der Waals surface area contributed by atoms with Crippen molar-refractivity contribution in [2.75, 3.05) is 4.90 Å². The molecule has 50 heavy (non-hydrogen) atoms. The molecule has 0 amide bonds. The molecule has 238 valence electrons. The number of rotatable bonds is 6. The van der Waals surface area contributed by atoms with Crippen LogP contribution in [0, 0.1) is 0 Å². The van der Waals surface area contributed by atoms with Gasteiger partial charge in [0.15, 0.2) is 0 Å². The highest BCUT2D eigenvalue weighted by atomic mass is 15.1. The SMILES string of the molecule is CC1(C)c2cc(-c3cccc4ccccc34)ccc2-c2ccc(N(c3ccc(-c4ccccc4)cc3)c3ccc(-c4ccccc4)cc3)cc21. The molecule has 0 heterocycles. The number of benzene rings is 8. The number of nitrogens with zero attached hydrogens (tertiary/aromatic N) is 1. The maximum absolute atomic E-state index is 2.43. The fraction of sp³-hybridized carbons (Fsp3) is 0.0612. The second-order valence-corrected chi connectivity index (χ2v) is 13.8. The van der Waals surface area contributed by atoms with Crippen LogP contribution in [0.15, 0.2) is 188 Å². The highest BCUT2D eigenvalue weighted by molar-refractivity contribution is 5.98. The minimum absolute atomic E-state index is 0.165. The summed E-state index contributed by atoms with van der Waals surface area (Å²) < 4.78 is 0. The van der Waals surface area contributed by atoms with Gasteiger partial charge in [-0.2, -0.15) is 0 Å². The fourth-order valence-corrected chi connectivity index (χ4v) is 7.82. The highest BCUT2D eigenvalue weighted by Gasteiger charge is 2.36. The van der Waals surface area contributed by atoms with Crippen molar-refractivity contribution < 1.29 is 0 Å². The lowest BCUT2D eigenvalue weighted by molar-refractivity contribution is 0.660. The number of anilines is 3. The lowest BCUT2D eigenvalue weighted by atomic mass is 9.81. The average Bonchev–Trinajstić information content (AvgIpc) is 3.41. The summed E-state index contributed by atoms with van der Waals surface area (Å²) in [6.07, 6.45) is 0. The molecular weight excluding hydrogens is 603 g/mol. The largest absolute Gasteiger partial charge is 0.310 e. The summed E-state index contributed by atoms with van der Waals surface area (Å²) in [5.74, 6) is 0. The molecule has 0 unspecified atom stereocenters. The Kier molecular flexibility index (Phi) is 7.21. The standard InChI is InChI=1S/C49H37N/c1-49(2)47-32-39(44-19-11-17-38-16-9-10-18-43(38)44)24-30-45(47)46-31-29-42(33-48(46)49)50(40-25-20-36(21-26-40)34-12-5-3-6-13-34)41-27-22-37(23-28-41)35-14-7-4-8-15-35/h3-33H,1-2H3. The van der Waals surface area contributed by atoms with Gasteiger partial charge in [-0.1, -0.05) is 159 Å². The lowest BCUT2D eigenvalue weighted by Crippen LogP contribution is -2.16. The molecule has 0 saturated heterocycles. The molecule has 1 heteroatoms. The summed E-state index contributed by atoms with van der Waals surface area (Å²) in [6.45, 7) is 4.75. The summed E-state index contributed by atoms with van der Waals surface area (Å²) in [4.78, 5) is 2.39. The molecule has 0 bridgehead atoms. The predicted octanol–water partition coefficient (Wildman–Crippen LogP) is 13.6. The van der Waals surface area contributed by atoms with E-state index in [4.69, 9.17) is 0 Å². The van der Waals surface area contributed by atoms with Crippen LogP contribution in [-0.2, 0) is 5.41 Å². The average molecular weight is 640 g/mol.